The lowest BCUT2D eigenvalue weighted by molar-refractivity contribution is 0.138. The largest absolute Gasteiger partial charge is 0.391 e. The van der Waals surface area contributed by atoms with Gasteiger partial charge in [0.15, 0.2) is 0 Å². The van der Waals surface area contributed by atoms with Crippen molar-refractivity contribution < 1.29 is 5.11 Å². The molecule has 0 saturated carbocycles. The van der Waals surface area contributed by atoms with Crippen LogP contribution in [0.5, 0.6) is 0 Å². The fraction of sp³-hybridized carbons (Fsp3) is 0.750. The van der Waals surface area contributed by atoms with Crippen LogP contribution in [-0.2, 0) is 6.42 Å². The maximum absolute atomic E-state index is 9.94. The van der Waals surface area contributed by atoms with Crippen molar-refractivity contribution in [2.24, 2.45) is 5.92 Å². The average Bonchev–Trinajstić information content (AvgIpc) is 2.45. The van der Waals surface area contributed by atoms with Crippen molar-refractivity contribution >= 4 is 11.6 Å². The Bertz CT molecular complexity index is 435. The van der Waals surface area contributed by atoms with Crippen molar-refractivity contribution in [1.29, 1.82) is 0 Å². The van der Waals surface area contributed by atoms with Crippen LogP contribution in [0.1, 0.15) is 51.9 Å². The van der Waals surface area contributed by atoms with E-state index in [1.807, 2.05) is 20.8 Å². The lowest BCUT2D eigenvalue weighted by atomic mass is 10.1. The van der Waals surface area contributed by atoms with Crippen LogP contribution in [0.15, 0.2) is 0 Å². The molecule has 0 fully saturated rings. The van der Waals surface area contributed by atoms with Gasteiger partial charge in [-0.05, 0) is 25.7 Å². The molecule has 1 unspecified atom stereocenters. The van der Waals surface area contributed by atoms with Gasteiger partial charge in [0.25, 0.3) is 0 Å². The number of rotatable bonds is 9. The number of nitrogens with one attached hydrogen (secondary N) is 2. The molecule has 1 heterocycles. The van der Waals surface area contributed by atoms with Gasteiger partial charge in [0.1, 0.15) is 17.5 Å². The highest BCUT2D eigenvalue weighted by atomic mass is 16.3. The molecule has 5 nitrogen and oxygen atoms in total. The molecule has 21 heavy (non-hydrogen) atoms. The van der Waals surface area contributed by atoms with E-state index in [1.165, 1.54) is 0 Å². The van der Waals surface area contributed by atoms with E-state index in [9.17, 15) is 5.11 Å². The second-order valence-corrected chi connectivity index (χ2v) is 5.83. The van der Waals surface area contributed by atoms with E-state index in [0.717, 1.165) is 48.8 Å². The first kappa shape index (κ1) is 17.7. The Kier molecular flexibility index (Phi) is 7.43. The monoisotopic (exact) mass is 294 g/mol. The smallest absolute Gasteiger partial charge is 0.134 e. The minimum absolute atomic E-state index is 0.229. The van der Waals surface area contributed by atoms with Crippen LogP contribution in [0.25, 0.3) is 0 Å². The van der Waals surface area contributed by atoms with Crippen molar-refractivity contribution in [2.75, 3.05) is 23.7 Å². The zero-order chi connectivity index (χ0) is 15.8. The molecule has 0 aromatic carbocycles. The van der Waals surface area contributed by atoms with Gasteiger partial charge in [-0.1, -0.05) is 27.7 Å². The van der Waals surface area contributed by atoms with Crippen LogP contribution in [0.2, 0.25) is 0 Å². The molecule has 3 N–H and O–H groups in total. The molecule has 0 spiro atoms. The fourth-order valence-corrected chi connectivity index (χ4v) is 1.92. The Hall–Kier alpha value is -1.36. The zero-order valence-corrected chi connectivity index (χ0v) is 14.0. The molecule has 1 aromatic rings. The predicted octanol–water partition coefficient (Wildman–Crippen LogP) is 2.99. The summed E-state index contributed by atoms with van der Waals surface area (Å²) in [6.07, 6.45) is 2.56. The van der Waals surface area contributed by atoms with Gasteiger partial charge in [0, 0.05) is 25.1 Å². The summed E-state index contributed by atoms with van der Waals surface area (Å²) in [5, 5.41) is 16.6. The number of nitrogens with zero attached hydrogens (tertiary/aromatic N) is 2. The van der Waals surface area contributed by atoms with Crippen LogP contribution in [0.3, 0.4) is 0 Å². The predicted molar refractivity (Wildman–Crippen MR) is 88.9 cm³/mol. The standard InChI is InChI=1S/C16H30N4O/c1-6-8-14-19-15(17-9-7-2)12(5)16(20-14)18-10-13(21)11(3)4/h11,13,21H,6-10H2,1-5H3,(H2,17,18,19,20). The summed E-state index contributed by atoms with van der Waals surface area (Å²) in [5.41, 5.74) is 1.01. The summed E-state index contributed by atoms with van der Waals surface area (Å²) in [6, 6.07) is 0. The molecule has 0 saturated heterocycles. The maximum atomic E-state index is 9.94. The van der Waals surface area contributed by atoms with Crippen LogP contribution < -0.4 is 10.6 Å². The number of aliphatic hydroxyl groups is 1. The second-order valence-electron chi connectivity index (χ2n) is 5.83. The Morgan fingerprint density at radius 1 is 1.05 bits per heavy atom. The summed E-state index contributed by atoms with van der Waals surface area (Å²) in [7, 11) is 0. The first-order valence-electron chi connectivity index (χ1n) is 8.02. The quantitative estimate of drug-likeness (QED) is 0.653. The topological polar surface area (TPSA) is 70.1 Å². The van der Waals surface area contributed by atoms with Gasteiger partial charge in [-0.3, -0.25) is 0 Å². The Labute approximate surface area is 128 Å². The van der Waals surface area contributed by atoms with Crippen LogP contribution >= 0.6 is 0 Å². The summed E-state index contributed by atoms with van der Waals surface area (Å²) in [4.78, 5) is 9.19. The fourth-order valence-electron chi connectivity index (χ4n) is 1.92. The van der Waals surface area contributed by atoms with Crippen LogP contribution in [0, 0.1) is 12.8 Å². The molecule has 5 heteroatoms. The number of aryl methyl sites for hydroxylation is 1. The van der Waals surface area contributed by atoms with E-state index in [2.05, 4.69) is 34.4 Å². The minimum Gasteiger partial charge on any atom is -0.391 e. The molecule has 0 aliphatic carbocycles. The van der Waals surface area contributed by atoms with Crippen molar-refractivity contribution in [3.05, 3.63) is 11.4 Å². The number of anilines is 2. The van der Waals surface area contributed by atoms with E-state index < -0.39 is 0 Å². The first-order valence-corrected chi connectivity index (χ1v) is 8.02. The molecule has 1 rings (SSSR count). The summed E-state index contributed by atoms with van der Waals surface area (Å²) in [5.74, 6) is 2.80. The van der Waals surface area contributed by atoms with E-state index in [4.69, 9.17) is 0 Å². The first-order chi connectivity index (χ1) is 9.99. The third kappa shape index (κ3) is 5.50. The Morgan fingerprint density at radius 2 is 1.67 bits per heavy atom. The maximum Gasteiger partial charge on any atom is 0.134 e. The molecular weight excluding hydrogens is 264 g/mol. The molecule has 0 aliphatic heterocycles. The Morgan fingerprint density at radius 3 is 2.19 bits per heavy atom. The van der Waals surface area contributed by atoms with Gasteiger partial charge < -0.3 is 15.7 Å². The number of hydrogen-bond donors (Lipinski definition) is 3. The molecule has 120 valence electrons. The van der Waals surface area contributed by atoms with Gasteiger partial charge in [-0.25, -0.2) is 9.97 Å². The van der Waals surface area contributed by atoms with E-state index in [1.54, 1.807) is 0 Å². The normalized spacial score (nSPS) is 12.5. The van der Waals surface area contributed by atoms with Gasteiger partial charge in [0.05, 0.1) is 6.10 Å². The average molecular weight is 294 g/mol. The number of hydrogen-bond acceptors (Lipinski definition) is 5. The van der Waals surface area contributed by atoms with Crippen molar-refractivity contribution in [2.45, 2.75) is 60.0 Å². The van der Waals surface area contributed by atoms with Gasteiger partial charge in [-0.2, -0.15) is 0 Å². The molecule has 0 aliphatic rings. The minimum atomic E-state index is -0.374. The third-order valence-electron chi connectivity index (χ3n) is 3.46. The summed E-state index contributed by atoms with van der Waals surface area (Å²) >= 11 is 0. The molecule has 0 bridgehead atoms. The van der Waals surface area contributed by atoms with Gasteiger partial charge >= 0.3 is 0 Å². The molecule has 1 atom stereocenters. The number of aliphatic hydroxyl groups excluding tert-OH is 1. The second kappa shape index (κ2) is 8.82. The number of aromatic nitrogens is 2. The summed E-state index contributed by atoms with van der Waals surface area (Å²) < 4.78 is 0. The lowest BCUT2D eigenvalue weighted by Crippen LogP contribution is -2.26. The van der Waals surface area contributed by atoms with Gasteiger partial charge in [0.2, 0.25) is 0 Å². The lowest BCUT2D eigenvalue weighted by Gasteiger charge is -2.18. The van der Waals surface area contributed by atoms with Crippen molar-refractivity contribution in [3.8, 4) is 0 Å². The van der Waals surface area contributed by atoms with E-state index in [-0.39, 0.29) is 12.0 Å². The molecule has 0 radical (unpaired) electrons. The molecule has 1 aromatic heterocycles. The van der Waals surface area contributed by atoms with Crippen molar-refractivity contribution in [3.63, 3.8) is 0 Å². The molecule has 0 amide bonds. The SMILES string of the molecule is CCCNc1nc(CCC)nc(NCC(O)C(C)C)c1C. The highest BCUT2D eigenvalue weighted by molar-refractivity contribution is 5.57. The van der Waals surface area contributed by atoms with Crippen molar-refractivity contribution in [1.82, 2.24) is 9.97 Å². The van der Waals surface area contributed by atoms with Gasteiger partial charge in [-0.15, -0.1) is 0 Å². The van der Waals surface area contributed by atoms with E-state index in [0.29, 0.717) is 6.54 Å². The highest BCUT2D eigenvalue weighted by Gasteiger charge is 2.13. The van der Waals surface area contributed by atoms with Crippen LogP contribution in [0.4, 0.5) is 11.6 Å². The summed E-state index contributed by atoms with van der Waals surface area (Å²) in [6.45, 7) is 11.7. The van der Waals surface area contributed by atoms with E-state index >= 15 is 0 Å². The third-order valence-corrected chi connectivity index (χ3v) is 3.46. The highest BCUT2D eigenvalue weighted by Crippen LogP contribution is 2.21. The Balaban J connectivity index is 2.91. The zero-order valence-electron chi connectivity index (χ0n) is 14.0. The van der Waals surface area contributed by atoms with Crippen LogP contribution in [-0.4, -0.2) is 34.3 Å². The molecular formula is C16H30N4O.